The van der Waals surface area contributed by atoms with E-state index in [0.717, 1.165) is 24.2 Å². The fourth-order valence-electron chi connectivity index (χ4n) is 11.1. The van der Waals surface area contributed by atoms with Crippen LogP contribution < -0.4 is 24.8 Å². The fourth-order valence-corrected chi connectivity index (χ4v) is 14.6. The van der Waals surface area contributed by atoms with Crippen molar-refractivity contribution in [1.82, 2.24) is 0 Å². The summed E-state index contributed by atoms with van der Waals surface area (Å²) < 4.78 is 3.28. The molecule has 0 aliphatic heterocycles. The van der Waals surface area contributed by atoms with Crippen molar-refractivity contribution in [3.63, 3.8) is 0 Å². The molecule has 0 saturated heterocycles. The number of halogens is 2. The van der Waals surface area contributed by atoms with Crippen LogP contribution in [0.5, 0.6) is 0 Å². The summed E-state index contributed by atoms with van der Waals surface area (Å²) in [5.41, 5.74) is 18.0. The molecule has 0 radical (unpaired) electrons. The first-order valence-corrected chi connectivity index (χ1v) is 21.5. The molecule has 3 aromatic carbocycles. The van der Waals surface area contributed by atoms with Crippen LogP contribution in [0.1, 0.15) is 131 Å². The van der Waals surface area contributed by atoms with E-state index in [2.05, 4.69) is 126 Å². The first-order chi connectivity index (χ1) is 22.3. The van der Waals surface area contributed by atoms with Gasteiger partial charge in [-0.3, -0.25) is 0 Å². The molecule has 0 amide bonds. The molecule has 257 valence electrons. The van der Waals surface area contributed by atoms with Crippen LogP contribution in [0, 0.1) is 29.1 Å². The maximum atomic E-state index is 2.75. The summed E-state index contributed by atoms with van der Waals surface area (Å²) in [6.45, 7) is 19.5. The van der Waals surface area contributed by atoms with Gasteiger partial charge in [0, 0.05) is 0 Å². The van der Waals surface area contributed by atoms with Crippen LogP contribution in [0.15, 0.2) is 77.9 Å². The summed E-state index contributed by atoms with van der Waals surface area (Å²) in [5.74, 6) is 3.42. The average molecular weight is 770 g/mol. The van der Waals surface area contributed by atoms with E-state index >= 15 is 0 Å². The standard InChI is InChI=1S/C38H47.C8H8.2ClH.Zr/c1-22-11-33(38-19-24-12-25(20-38)14-26(13-24)21-38)23(2)35(22)32-18-31-28(17-34(32)37(6,7)8)15-27-16-29(36(3,4)5)9-10-30(27)31;1-2-8-6-4-3-5-7-8;;;/h9-11,15-18,22,24-26H,12-14,19-21H2,1-8H3;1,3-7H,2H2;2*1H;/q;;;;+2/p-2. The molecule has 6 aliphatic carbocycles. The van der Waals surface area contributed by atoms with Gasteiger partial charge in [0.25, 0.3) is 0 Å². The molecule has 2 unspecified atom stereocenters. The first-order valence-electron chi connectivity index (χ1n) is 18.7. The molecular formula is C46H55Cl2Zr. The zero-order chi connectivity index (χ0) is 32.9. The number of rotatable bonds is 5. The molecule has 0 heterocycles. The topological polar surface area (TPSA) is 0 Å². The van der Waals surface area contributed by atoms with E-state index < -0.39 is 22.8 Å². The zero-order valence-corrected chi connectivity index (χ0v) is 35.0. The van der Waals surface area contributed by atoms with Gasteiger partial charge in [0.05, 0.1) is 0 Å². The Labute approximate surface area is 320 Å². The molecule has 0 spiro atoms. The van der Waals surface area contributed by atoms with Crippen molar-refractivity contribution < 1.29 is 47.6 Å². The molecule has 2 atom stereocenters. The SMILES string of the molecule is CC1=C(c2cc3c(cc2C(C)(C)C)[CH](/[Zr+2]=[CH]/Cc2ccccc2)c2cc(C(C)(C)C)ccc2-3)C(C)C=C1C12CC3CC(CC(C3)C1)C2.[Cl-].[Cl-]. The van der Waals surface area contributed by atoms with Gasteiger partial charge < -0.3 is 24.8 Å². The van der Waals surface area contributed by atoms with Gasteiger partial charge in [-0.15, -0.1) is 0 Å². The maximum absolute atomic E-state index is 2.75. The van der Waals surface area contributed by atoms with E-state index in [4.69, 9.17) is 0 Å². The van der Waals surface area contributed by atoms with E-state index in [1.54, 1.807) is 39.0 Å². The number of hydrogen-bond donors (Lipinski definition) is 0. The Balaban J connectivity index is 0.00000208. The second-order valence-electron chi connectivity index (χ2n) is 18.4. The predicted octanol–water partition coefficient (Wildman–Crippen LogP) is 6.05. The van der Waals surface area contributed by atoms with Crippen molar-refractivity contribution in [2.45, 2.75) is 115 Å². The Bertz CT molecular complexity index is 1790. The largest absolute Gasteiger partial charge is 1.00 e. The zero-order valence-electron chi connectivity index (χ0n) is 31.0. The second kappa shape index (κ2) is 13.5. The van der Waals surface area contributed by atoms with E-state index in [-0.39, 0.29) is 35.6 Å². The molecular weight excluding hydrogens is 715 g/mol. The first kappa shape index (κ1) is 37.2. The van der Waals surface area contributed by atoms with E-state index in [9.17, 15) is 0 Å². The molecule has 4 fully saturated rings. The molecule has 0 nitrogen and oxygen atoms in total. The van der Waals surface area contributed by atoms with Crippen LogP contribution in [0.3, 0.4) is 0 Å². The molecule has 0 aromatic heterocycles. The van der Waals surface area contributed by atoms with Crippen LogP contribution >= 0.6 is 0 Å². The number of allylic oxidation sites excluding steroid dienone is 4. The second-order valence-corrected chi connectivity index (χ2v) is 21.6. The summed E-state index contributed by atoms with van der Waals surface area (Å²) in [6.07, 6.45) is 12.7. The maximum Gasteiger partial charge on any atom is -1.00 e. The van der Waals surface area contributed by atoms with Crippen molar-refractivity contribution in [3.8, 4) is 11.1 Å². The van der Waals surface area contributed by atoms with Crippen LogP contribution in [0.4, 0.5) is 0 Å². The molecule has 4 bridgehead atoms. The molecule has 0 N–H and O–H groups in total. The van der Waals surface area contributed by atoms with Gasteiger partial charge in [0.15, 0.2) is 0 Å². The van der Waals surface area contributed by atoms with Crippen LogP contribution in [0.25, 0.3) is 16.7 Å². The van der Waals surface area contributed by atoms with Crippen LogP contribution in [-0.4, -0.2) is 3.71 Å². The Hall–Kier alpha value is -1.53. The predicted molar refractivity (Wildman–Crippen MR) is 198 cm³/mol. The van der Waals surface area contributed by atoms with Crippen molar-refractivity contribution in [2.24, 2.45) is 29.1 Å². The normalized spacial score (nSPS) is 28.2. The Morgan fingerprint density at radius 3 is 1.94 bits per heavy atom. The molecule has 6 aliphatic rings. The minimum atomic E-state index is -0.881. The molecule has 3 aromatic rings. The van der Waals surface area contributed by atoms with Gasteiger partial charge in [-0.2, -0.15) is 0 Å². The van der Waals surface area contributed by atoms with Crippen molar-refractivity contribution >= 4 is 9.28 Å². The Morgan fingerprint density at radius 2 is 1.35 bits per heavy atom. The average Bonchev–Trinajstić information content (AvgIpc) is 3.48. The summed E-state index contributed by atoms with van der Waals surface area (Å²) in [6, 6.07) is 24.0. The Morgan fingerprint density at radius 1 is 0.735 bits per heavy atom. The minimum absolute atomic E-state index is 0. The number of hydrogen-bond acceptors (Lipinski definition) is 0. The van der Waals surface area contributed by atoms with Gasteiger partial charge in [-0.05, 0) is 0 Å². The molecule has 4 saturated carbocycles. The molecule has 3 heteroatoms. The Kier molecular flexibility index (Phi) is 10.2. The van der Waals surface area contributed by atoms with Crippen molar-refractivity contribution in [1.29, 1.82) is 0 Å². The van der Waals surface area contributed by atoms with Gasteiger partial charge in [0.2, 0.25) is 0 Å². The smallest absolute Gasteiger partial charge is 1.00 e. The third-order valence-corrected chi connectivity index (χ3v) is 16.3. The summed E-state index contributed by atoms with van der Waals surface area (Å²) in [7, 11) is 0. The third kappa shape index (κ3) is 6.55. The van der Waals surface area contributed by atoms with Gasteiger partial charge in [-0.25, -0.2) is 0 Å². The summed E-state index contributed by atoms with van der Waals surface area (Å²) in [5, 5.41) is 0. The third-order valence-electron chi connectivity index (χ3n) is 12.9. The summed E-state index contributed by atoms with van der Waals surface area (Å²) in [4.78, 5) is 0. The van der Waals surface area contributed by atoms with E-state index in [0.29, 0.717) is 15.0 Å². The van der Waals surface area contributed by atoms with Crippen LogP contribution in [0.2, 0.25) is 0 Å². The van der Waals surface area contributed by atoms with E-state index in [1.165, 1.54) is 60.8 Å². The number of fused-ring (bicyclic) bond motifs is 3. The molecule has 49 heavy (non-hydrogen) atoms. The minimum Gasteiger partial charge on any atom is -1.00 e. The van der Waals surface area contributed by atoms with E-state index in [1.807, 2.05) is 0 Å². The molecule has 9 rings (SSSR count). The quantitative estimate of drug-likeness (QED) is 0.297. The van der Waals surface area contributed by atoms with Crippen molar-refractivity contribution in [3.05, 3.63) is 111 Å². The monoisotopic (exact) mass is 767 g/mol. The van der Waals surface area contributed by atoms with Crippen molar-refractivity contribution in [2.75, 3.05) is 0 Å². The van der Waals surface area contributed by atoms with Gasteiger partial charge in [-0.1, -0.05) is 0 Å². The fraction of sp³-hybridized carbons (Fsp3) is 0.500. The van der Waals surface area contributed by atoms with Gasteiger partial charge in [0.1, 0.15) is 0 Å². The van der Waals surface area contributed by atoms with Crippen LogP contribution in [-0.2, 0) is 40.0 Å². The summed E-state index contributed by atoms with van der Waals surface area (Å²) >= 11 is -0.881. The number of benzene rings is 3. The van der Waals surface area contributed by atoms with Gasteiger partial charge >= 0.3 is 298 Å².